The van der Waals surface area contributed by atoms with Crippen molar-refractivity contribution in [2.75, 3.05) is 25.6 Å². The number of nitrogens with zero attached hydrogens (tertiary/aromatic N) is 1. The number of hydrogen-bond donors (Lipinski definition) is 1. The molecule has 0 unspecified atom stereocenters. The monoisotopic (exact) mass is 300 g/mol. The molecule has 0 atom stereocenters. The maximum atomic E-state index is 11.9. The number of hydrogen-bond acceptors (Lipinski definition) is 4. The Hall–Kier alpha value is -2.02. The van der Waals surface area contributed by atoms with Gasteiger partial charge < -0.3 is 15.2 Å². The lowest BCUT2D eigenvalue weighted by Gasteiger charge is -2.11. The summed E-state index contributed by atoms with van der Waals surface area (Å²) in [6.45, 7) is -1.01. The minimum atomic E-state index is -4.29. The molecule has 0 aliphatic carbocycles. The van der Waals surface area contributed by atoms with Gasteiger partial charge in [-0.2, -0.15) is 13.2 Å². The SMILES string of the molecule is Nc1ccc(OCCCOCC(F)(F)F)c2ncccc12. The van der Waals surface area contributed by atoms with E-state index in [1.165, 1.54) is 0 Å². The van der Waals surface area contributed by atoms with Crippen LogP contribution < -0.4 is 10.5 Å². The summed E-state index contributed by atoms with van der Waals surface area (Å²) >= 11 is 0. The van der Waals surface area contributed by atoms with Crippen LogP contribution in [0.5, 0.6) is 5.75 Å². The Labute approximate surface area is 119 Å². The third kappa shape index (κ3) is 4.49. The first-order valence-corrected chi connectivity index (χ1v) is 6.38. The van der Waals surface area contributed by atoms with Crippen molar-refractivity contribution in [3.05, 3.63) is 30.5 Å². The van der Waals surface area contributed by atoms with Crippen LogP contribution in [0.4, 0.5) is 18.9 Å². The molecule has 4 nitrogen and oxygen atoms in total. The highest BCUT2D eigenvalue weighted by Gasteiger charge is 2.27. The van der Waals surface area contributed by atoms with Crippen LogP contribution in [0.3, 0.4) is 0 Å². The molecule has 0 saturated carbocycles. The molecule has 2 aromatic rings. The Morgan fingerprint density at radius 3 is 2.71 bits per heavy atom. The number of nitrogens with two attached hydrogens (primary N) is 1. The van der Waals surface area contributed by atoms with Crippen molar-refractivity contribution >= 4 is 16.6 Å². The summed E-state index contributed by atoms with van der Waals surface area (Å²) in [6.07, 6.45) is -2.31. The van der Waals surface area contributed by atoms with Gasteiger partial charge in [0.15, 0.2) is 0 Å². The lowest BCUT2D eigenvalue weighted by molar-refractivity contribution is -0.174. The van der Waals surface area contributed by atoms with E-state index < -0.39 is 12.8 Å². The first kappa shape index (κ1) is 15.4. The average molecular weight is 300 g/mol. The largest absolute Gasteiger partial charge is 0.491 e. The van der Waals surface area contributed by atoms with Gasteiger partial charge in [0, 0.05) is 23.7 Å². The van der Waals surface area contributed by atoms with Gasteiger partial charge in [-0.15, -0.1) is 0 Å². The predicted molar refractivity (Wildman–Crippen MR) is 73.1 cm³/mol. The third-order valence-corrected chi connectivity index (χ3v) is 2.72. The summed E-state index contributed by atoms with van der Waals surface area (Å²) in [4.78, 5) is 4.20. The molecule has 7 heteroatoms. The van der Waals surface area contributed by atoms with Gasteiger partial charge in [-0.1, -0.05) is 0 Å². The summed E-state index contributed by atoms with van der Waals surface area (Å²) in [5.41, 5.74) is 7.07. The van der Waals surface area contributed by atoms with Crippen molar-refractivity contribution in [3.63, 3.8) is 0 Å². The van der Waals surface area contributed by atoms with Crippen LogP contribution in [0.1, 0.15) is 6.42 Å². The lowest BCUT2D eigenvalue weighted by Crippen LogP contribution is -2.18. The number of rotatable bonds is 6. The molecular formula is C14H15F3N2O2. The molecule has 1 aromatic heterocycles. The molecule has 0 aliphatic heterocycles. The topological polar surface area (TPSA) is 57.4 Å². The lowest BCUT2D eigenvalue weighted by atomic mass is 10.2. The Bertz CT molecular complexity index is 602. The van der Waals surface area contributed by atoms with Crippen molar-refractivity contribution in [1.82, 2.24) is 4.98 Å². The van der Waals surface area contributed by atoms with Crippen LogP contribution in [0.15, 0.2) is 30.5 Å². The number of aromatic nitrogens is 1. The van der Waals surface area contributed by atoms with E-state index in [2.05, 4.69) is 9.72 Å². The van der Waals surface area contributed by atoms with Gasteiger partial charge in [-0.05, 0) is 24.3 Å². The molecule has 0 fully saturated rings. The number of anilines is 1. The number of nitrogen functional groups attached to an aromatic ring is 1. The molecule has 0 radical (unpaired) electrons. The minimum Gasteiger partial charge on any atom is -0.491 e. The summed E-state index contributed by atoms with van der Waals surface area (Å²) in [6, 6.07) is 7.01. The maximum Gasteiger partial charge on any atom is 0.411 e. The fourth-order valence-electron chi connectivity index (χ4n) is 1.82. The Morgan fingerprint density at radius 2 is 1.95 bits per heavy atom. The maximum absolute atomic E-state index is 11.9. The molecule has 2 N–H and O–H groups in total. The summed E-state index contributed by atoms with van der Waals surface area (Å²) in [5.74, 6) is 0.552. The van der Waals surface area contributed by atoms with E-state index in [4.69, 9.17) is 10.5 Å². The standard InChI is InChI=1S/C14H15F3N2O2/c15-14(16,17)9-20-7-2-8-21-12-5-4-11(18)10-3-1-6-19-13(10)12/h1,3-6H,2,7-9,18H2. The summed E-state index contributed by atoms with van der Waals surface area (Å²) < 4.78 is 45.6. The van der Waals surface area contributed by atoms with Crippen LogP contribution in [-0.2, 0) is 4.74 Å². The molecule has 0 bridgehead atoms. The second-order valence-corrected chi connectivity index (χ2v) is 4.42. The number of ether oxygens (including phenoxy) is 2. The Morgan fingerprint density at radius 1 is 1.14 bits per heavy atom. The van der Waals surface area contributed by atoms with Crippen LogP contribution in [0.25, 0.3) is 10.9 Å². The molecule has 0 amide bonds. The van der Waals surface area contributed by atoms with E-state index in [-0.39, 0.29) is 13.2 Å². The van der Waals surface area contributed by atoms with E-state index in [1.54, 1.807) is 24.4 Å². The second kappa shape index (κ2) is 6.62. The smallest absolute Gasteiger partial charge is 0.411 e. The highest BCUT2D eigenvalue weighted by molar-refractivity contribution is 5.94. The molecule has 2 rings (SSSR count). The number of benzene rings is 1. The quantitative estimate of drug-likeness (QED) is 0.657. The molecule has 0 saturated heterocycles. The summed E-state index contributed by atoms with van der Waals surface area (Å²) in [7, 11) is 0. The first-order chi connectivity index (χ1) is 9.97. The minimum absolute atomic E-state index is 0.0140. The van der Waals surface area contributed by atoms with Crippen molar-refractivity contribution in [2.24, 2.45) is 0 Å². The molecular weight excluding hydrogens is 285 g/mol. The molecule has 1 heterocycles. The van der Waals surface area contributed by atoms with E-state index in [0.717, 1.165) is 5.39 Å². The van der Waals surface area contributed by atoms with Gasteiger partial charge in [0.2, 0.25) is 0 Å². The third-order valence-electron chi connectivity index (χ3n) is 2.72. The number of pyridine rings is 1. The number of alkyl halides is 3. The van der Waals surface area contributed by atoms with Gasteiger partial charge in [0.25, 0.3) is 0 Å². The van der Waals surface area contributed by atoms with Gasteiger partial charge >= 0.3 is 6.18 Å². The Balaban J connectivity index is 1.86. The van der Waals surface area contributed by atoms with Crippen molar-refractivity contribution in [1.29, 1.82) is 0 Å². The fourth-order valence-corrected chi connectivity index (χ4v) is 1.82. The molecule has 114 valence electrons. The van der Waals surface area contributed by atoms with Crippen molar-refractivity contribution < 1.29 is 22.6 Å². The summed E-state index contributed by atoms with van der Waals surface area (Å²) in [5, 5.41) is 0.781. The zero-order valence-electron chi connectivity index (χ0n) is 11.2. The van der Waals surface area contributed by atoms with Gasteiger partial charge in [0.1, 0.15) is 17.9 Å². The van der Waals surface area contributed by atoms with Crippen LogP contribution >= 0.6 is 0 Å². The van der Waals surface area contributed by atoms with Crippen molar-refractivity contribution in [2.45, 2.75) is 12.6 Å². The molecule has 21 heavy (non-hydrogen) atoms. The normalized spacial score (nSPS) is 11.8. The van der Waals surface area contributed by atoms with Gasteiger partial charge in [-0.25, -0.2) is 0 Å². The average Bonchev–Trinajstić information content (AvgIpc) is 2.44. The van der Waals surface area contributed by atoms with E-state index in [9.17, 15) is 13.2 Å². The number of halogens is 3. The highest BCUT2D eigenvalue weighted by atomic mass is 19.4. The van der Waals surface area contributed by atoms with Crippen LogP contribution in [0.2, 0.25) is 0 Å². The van der Waals surface area contributed by atoms with Gasteiger partial charge in [0.05, 0.1) is 13.2 Å². The zero-order valence-corrected chi connectivity index (χ0v) is 11.2. The zero-order chi connectivity index (χ0) is 15.3. The van der Waals surface area contributed by atoms with E-state index in [1.807, 2.05) is 6.07 Å². The highest BCUT2D eigenvalue weighted by Crippen LogP contribution is 2.28. The predicted octanol–water partition coefficient (Wildman–Crippen LogP) is 3.16. The Kier molecular flexibility index (Phi) is 4.85. The first-order valence-electron chi connectivity index (χ1n) is 6.38. The number of fused-ring (bicyclic) bond motifs is 1. The second-order valence-electron chi connectivity index (χ2n) is 4.42. The fraction of sp³-hybridized carbons (Fsp3) is 0.357. The van der Waals surface area contributed by atoms with E-state index >= 15 is 0 Å². The molecule has 1 aromatic carbocycles. The van der Waals surface area contributed by atoms with Crippen LogP contribution in [-0.4, -0.2) is 31.0 Å². The van der Waals surface area contributed by atoms with Gasteiger partial charge in [-0.3, -0.25) is 4.98 Å². The molecule has 0 aliphatic rings. The van der Waals surface area contributed by atoms with Crippen LogP contribution in [0, 0.1) is 0 Å². The van der Waals surface area contributed by atoms with E-state index in [0.29, 0.717) is 23.4 Å². The molecule has 0 spiro atoms. The van der Waals surface area contributed by atoms with Crippen molar-refractivity contribution in [3.8, 4) is 5.75 Å².